The summed E-state index contributed by atoms with van der Waals surface area (Å²) in [4.78, 5) is 19.2. The lowest BCUT2D eigenvalue weighted by Gasteiger charge is -2.28. The summed E-state index contributed by atoms with van der Waals surface area (Å²) in [7, 11) is 0. The van der Waals surface area contributed by atoms with E-state index in [0.29, 0.717) is 37.4 Å². The van der Waals surface area contributed by atoms with Gasteiger partial charge in [-0.3, -0.25) is 0 Å². The van der Waals surface area contributed by atoms with Gasteiger partial charge in [0.25, 0.3) is 0 Å². The summed E-state index contributed by atoms with van der Waals surface area (Å²) in [6.07, 6.45) is 0.845. The highest BCUT2D eigenvalue weighted by Gasteiger charge is 2.25. The van der Waals surface area contributed by atoms with Crippen molar-refractivity contribution in [2.75, 3.05) is 31.2 Å². The van der Waals surface area contributed by atoms with Crippen molar-refractivity contribution in [1.29, 1.82) is 0 Å². The van der Waals surface area contributed by atoms with E-state index in [1.165, 1.54) is 28.8 Å². The predicted octanol–water partition coefficient (Wildman–Crippen LogP) is 4.60. The van der Waals surface area contributed by atoms with Gasteiger partial charge in [0, 0.05) is 24.5 Å². The molecule has 0 N–H and O–H groups in total. The third kappa shape index (κ3) is 4.00. The third-order valence-corrected chi connectivity index (χ3v) is 4.79. The second-order valence-electron chi connectivity index (χ2n) is 8.17. The summed E-state index contributed by atoms with van der Waals surface area (Å²) < 4.78 is 41.0. The van der Waals surface area contributed by atoms with E-state index in [1.54, 1.807) is 33.0 Å². The zero-order chi connectivity index (χ0) is 21.5. The number of hydrogen-bond acceptors (Lipinski definition) is 5. The molecule has 0 unspecified atom stereocenters. The van der Waals surface area contributed by atoms with Crippen LogP contribution in [0.2, 0.25) is 0 Å². The van der Waals surface area contributed by atoms with Gasteiger partial charge in [-0.05, 0) is 45.0 Å². The molecule has 1 fully saturated rings. The molecule has 0 bridgehead atoms. The fourth-order valence-corrected chi connectivity index (χ4v) is 3.46. The van der Waals surface area contributed by atoms with Crippen molar-refractivity contribution < 1.29 is 23.0 Å². The second-order valence-corrected chi connectivity index (χ2v) is 8.17. The number of halogens is 2. The standard InChI is InChI=1S/C22H23F2N3O3/c1-22(2,3)30-21(28)27-18-11-15(23)5-4-14(18)10-19(27)20-17(24)12-16(13-25-20)26-6-8-29-9-7-26/h4-5,10-13H,6-9H2,1-3H3. The van der Waals surface area contributed by atoms with Gasteiger partial charge in [-0.25, -0.2) is 23.1 Å². The Morgan fingerprint density at radius 1 is 1.13 bits per heavy atom. The molecule has 1 aliphatic rings. The average Bonchev–Trinajstić information content (AvgIpc) is 3.05. The summed E-state index contributed by atoms with van der Waals surface area (Å²) in [6, 6.07) is 7.05. The number of carbonyl (C=O) groups is 1. The van der Waals surface area contributed by atoms with E-state index in [2.05, 4.69) is 4.98 Å². The minimum atomic E-state index is -0.773. The van der Waals surface area contributed by atoms with Crippen molar-refractivity contribution in [3.8, 4) is 11.4 Å². The maximum Gasteiger partial charge on any atom is 0.419 e. The number of anilines is 1. The molecule has 0 radical (unpaired) electrons. The quantitative estimate of drug-likeness (QED) is 0.612. The summed E-state index contributed by atoms with van der Waals surface area (Å²) in [5, 5.41) is 0.579. The molecule has 30 heavy (non-hydrogen) atoms. The lowest BCUT2D eigenvalue weighted by Crippen LogP contribution is -2.36. The number of fused-ring (bicyclic) bond motifs is 1. The van der Waals surface area contributed by atoms with Crippen LogP contribution in [0.15, 0.2) is 36.5 Å². The summed E-state index contributed by atoms with van der Waals surface area (Å²) in [5.74, 6) is -1.08. The van der Waals surface area contributed by atoms with E-state index < -0.39 is 23.3 Å². The largest absolute Gasteiger partial charge is 0.443 e. The SMILES string of the molecule is CC(C)(C)OC(=O)n1c(-c2ncc(N3CCOCC3)cc2F)cc2ccc(F)cc21. The molecule has 8 heteroatoms. The molecular weight excluding hydrogens is 392 g/mol. The third-order valence-electron chi connectivity index (χ3n) is 4.79. The maximum atomic E-state index is 15.1. The van der Waals surface area contributed by atoms with Crippen molar-refractivity contribution in [3.63, 3.8) is 0 Å². The molecule has 0 atom stereocenters. The lowest BCUT2D eigenvalue weighted by molar-refractivity contribution is 0.0547. The van der Waals surface area contributed by atoms with Crippen LogP contribution in [0.3, 0.4) is 0 Å². The maximum absolute atomic E-state index is 15.1. The average molecular weight is 415 g/mol. The number of aromatic nitrogens is 2. The zero-order valence-corrected chi connectivity index (χ0v) is 17.1. The lowest BCUT2D eigenvalue weighted by atomic mass is 10.2. The fourth-order valence-electron chi connectivity index (χ4n) is 3.46. The Balaban J connectivity index is 1.82. The summed E-state index contributed by atoms with van der Waals surface area (Å²) in [6.45, 7) is 7.63. The Bertz CT molecular complexity index is 1100. The van der Waals surface area contributed by atoms with Crippen molar-refractivity contribution in [3.05, 3.63) is 48.2 Å². The predicted molar refractivity (Wildman–Crippen MR) is 110 cm³/mol. The van der Waals surface area contributed by atoms with Crippen LogP contribution in [0.25, 0.3) is 22.3 Å². The molecule has 3 aromatic rings. The zero-order valence-electron chi connectivity index (χ0n) is 17.1. The first kappa shape index (κ1) is 20.3. The van der Waals surface area contributed by atoms with Crippen LogP contribution in [0.4, 0.5) is 19.3 Å². The van der Waals surface area contributed by atoms with Gasteiger partial charge in [-0.2, -0.15) is 0 Å². The van der Waals surface area contributed by atoms with E-state index in [1.807, 2.05) is 4.90 Å². The van der Waals surface area contributed by atoms with Gasteiger partial charge < -0.3 is 14.4 Å². The van der Waals surface area contributed by atoms with E-state index in [0.717, 1.165) is 0 Å². The second kappa shape index (κ2) is 7.68. The van der Waals surface area contributed by atoms with Gasteiger partial charge in [-0.15, -0.1) is 0 Å². The topological polar surface area (TPSA) is 56.6 Å². The molecule has 4 rings (SSSR count). The number of hydrogen-bond donors (Lipinski definition) is 0. The van der Waals surface area contributed by atoms with Crippen molar-refractivity contribution in [1.82, 2.24) is 9.55 Å². The Labute approximate surface area is 173 Å². The number of morpholine rings is 1. The van der Waals surface area contributed by atoms with Crippen LogP contribution in [0.5, 0.6) is 0 Å². The number of rotatable bonds is 2. The number of carbonyl (C=O) groups excluding carboxylic acids is 1. The molecule has 0 amide bonds. The molecular formula is C22H23F2N3O3. The first-order valence-corrected chi connectivity index (χ1v) is 9.76. The highest BCUT2D eigenvalue weighted by atomic mass is 19.1. The van der Waals surface area contributed by atoms with Gasteiger partial charge >= 0.3 is 6.09 Å². The van der Waals surface area contributed by atoms with Crippen LogP contribution in [-0.4, -0.2) is 47.5 Å². The van der Waals surface area contributed by atoms with Crippen molar-refractivity contribution >= 4 is 22.7 Å². The number of benzene rings is 1. The van der Waals surface area contributed by atoms with Gasteiger partial charge in [0.2, 0.25) is 0 Å². The molecule has 0 saturated carbocycles. The molecule has 6 nitrogen and oxygen atoms in total. The fraction of sp³-hybridized carbons (Fsp3) is 0.364. The molecule has 158 valence electrons. The number of nitrogens with zero attached hydrogens (tertiary/aromatic N) is 3. The molecule has 3 heterocycles. The van der Waals surface area contributed by atoms with E-state index in [9.17, 15) is 9.18 Å². The monoisotopic (exact) mass is 415 g/mol. The van der Waals surface area contributed by atoms with E-state index in [-0.39, 0.29) is 16.9 Å². The van der Waals surface area contributed by atoms with Crippen LogP contribution in [-0.2, 0) is 9.47 Å². The Hall–Kier alpha value is -3.00. The molecule has 1 aliphatic heterocycles. The highest BCUT2D eigenvalue weighted by molar-refractivity contribution is 5.96. The normalized spacial score (nSPS) is 14.9. The van der Waals surface area contributed by atoms with Gasteiger partial charge in [0.1, 0.15) is 17.1 Å². The van der Waals surface area contributed by atoms with Crippen LogP contribution >= 0.6 is 0 Å². The Morgan fingerprint density at radius 3 is 2.53 bits per heavy atom. The summed E-state index contributed by atoms with van der Waals surface area (Å²) >= 11 is 0. The van der Waals surface area contributed by atoms with Gasteiger partial charge in [0.15, 0.2) is 5.82 Å². The molecule has 1 aromatic carbocycles. The summed E-state index contributed by atoms with van der Waals surface area (Å²) in [5.41, 5.74) is 0.360. The number of pyridine rings is 1. The first-order valence-electron chi connectivity index (χ1n) is 9.76. The smallest absolute Gasteiger partial charge is 0.419 e. The molecule has 0 spiro atoms. The van der Waals surface area contributed by atoms with Gasteiger partial charge in [-0.1, -0.05) is 0 Å². The van der Waals surface area contributed by atoms with Crippen LogP contribution in [0, 0.1) is 11.6 Å². The molecule has 1 saturated heterocycles. The Kier molecular flexibility index (Phi) is 5.19. The first-order chi connectivity index (χ1) is 14.2. The van der Waals surface area contributed by atoms with Gasteiger partial charge in [0.05, 0.1) is 36.3 Å². The highest BCUT2D eigenvalue weighted by Crippen LogP contribution is 2.31. The van der Waals surface area contributed by atoms with E-state index in [4.69, 9.17) is 9.47 Å². The molecule has 2 aromatic heterocycles. The van der Waals surface area contributed by atoms with E-state index >= 15 is 4.39 Å². The van der Waals surface area contributed by atoms with Crippen LogP contribution in [0.1, 0.15) is 20.8 Å². The minimum absolute atomic E-state index is 0.00511. The Morgan fingerprint density at radius 2 is 1.87 bits per heavy atom. The minimum Gasteiger partial charge on any atom is -0.443 e. The van der Waals surface area contributed by atoms with Crippen LogP contribution < -0.4 is 4.90 Å². The molecule has 0 aliphatic carbocycles. The number of ether oxygens (including phenoxy) is 2. The van der Waals surface area contributed by atoms with Crippen molar-refractivity contribution in [2.45, 2.75) is 26.4 Å². The van der Waals surface area contributed by atoms with Crippen molar-refractivity contribution in [2.24, 2.45) is 0 Å².